The molecule has 0 atom stereocenters. The molecule has 0 aliphatic carbocycles. The number of nitrogens with one attached hydrogen (secondary N) is 1. The van der Waals surface area contributed by atoms with Crippen LogP contribution >= 0.6 is 11.6 Å². The van der Waals surface area contributed by atoms with Gasteiger partial charge in [-0.1, -0.05) is 30.7 Å². The Bertz CT molecular complexity index is 951. The number of methoxy groups -OCH3 is 1. The topological polar surface area (TPSA) is 75.7 Å². The van der Waals surface area contributed by atoms with E-state index in [0.717, 1.165) is 11.3 Å². The van der Waals surface area contributed by atoms with Gasteiger partial charge in [0.2, 0.25) is 15.9 Å². The monoisotopic (exact) mass is 436 g/mol. The van der Waals surface area contributed by atoms with Crippen molar-refractivity contribution in [3.63, 3.8) is 0 Å². The van der Waals surface area contributed by atoms with Gasteiger partial charge in [-0.2, -0.15) is 4.31 Å². The van der Waals surface area contributed by atoms with E-state index >= 15 is 0 Å². The van der Waals surface area contributed by atoms with E-state index in [0.29, 0.717) is 37.5 Å². The van der Waals surface area contributed by atoms with Gasteiger partial charge in [-0.25, -0.2) is 8.42 Å². The lowest BCUT2D eigenvalue weighted by Crippen LogP contribution is -2.48. The number of nitrogens with zero attached hydrogens (tertiary/aromatic N) is 1. The predicted octanol–water partition coefficient (Wildman–Crippen LogP) is 3.46. The minimum absolute atomic E-state index is 0.0585. The van der Waals surface area contributed by atoms with Crippen LogP contribution in [0.1, 0.15) is 25.3 Å². The van der Waals surface area contributed by atoms with Crippen LogP contribution in [0.3, 0.4) is 0 Å². The van der Waals surface area contributed by atoms with Gasteiger partial charge in [0.25, 0.3) is 0 Å². The summed E-state index contributed by atoms with van der Waals surface area (Å²) in [5, 5.41) is 3.47. The summed E-state index contributed by atoms with van der Waals surface area (Å²) >= 11 is 5.85. The molecule has 2 aromatic rings. The van der Waals surface area contributed by atoms with E-state index < -0.39 is 15.4 Å². The van der Waals surface area contributed by atoms with Crippen molar-refractivity contribution in [1.29, 1.82) is 0 Å². The third-order valence-electron chi connectivity index (χ3n) is 5.44. The first-order valence-electron chi connectivity index (χ1n) is 9.41. The average Bonchev–Trinajstić information content (AvgIpc) is 2.73. The number of piperidine rings is 1. The van der Waals surface area contributed by atoms with Crippen molar-refractivity contribution >= 4 is 27.5 Å². The Kier molecular flexibility index (Phi) is 6.51. The molecule has 29 heavy (non-hydrogen) atoms. The van der Waals surface area contributed by atoms with Gasteiger partial charge in [-0.05, 0) is 54.8 Å². The zero-order valence-electron chi connectivity index (χ0n) is 16.5. The zero-order chi connectivity index (χ0) is 21.1. The van der Waals surface area contributed by atoms with Gasteiger partial charge in [0, 0.05) is 30.1 Å². The minimum atomic E-state index is -3.59. The van der Waals surface area contributed by atoms with Crippen molar-refractivity contribution in [2.75, 3.05) is 20.2 Å². The van der Waals surface area contributed by atoms with Gasteiger partial charge in [0.15, 0.2) is 0 Å². The Labute approximate surface area is 176 Å². The molecule has 0 radical (unpaired) electrons. The highest BCUT2D eigenvalue weighted by Crippen LogP contribution is 2.33. The van der Waals surface area contributed by atoms with Crippen LogP contribution in [-0.4, -0.2) is 38.8 Å². The van der Waals surface area contributed by atoms with Crippen molar-refractivity contribution in [1.82, 2.24) is 9.62 Å². The summed E-state index contributed by atoms with van der Waals surface area (Å²) < 4.78 is 32.2. The third-order valence-corrected chi connectivity index (χ3v) is 7.60. The zero-order valence-corrected chi connectivity index (χ0v) is 18.1. The van der Waals surface area contributed by atoms with Crippen molar-refractivity contribution in [2.45, 2.75) is 31.2 Å². The average molecular weight is 437 g/mol. The molecule has 1 N–H and O–H groups in total. The van der Waals surface area contributed by atoms with E-state index in [1.54, 1.807) is 19.2 Å². The molecule has 0 aromatic heterocycles. The van der Waals surface area contributed by atoms with Crippen molar-refractivity contribution in [2.24, 2.45) is 5.41 Å². The van der Waals surface area contributed by atoms with Gasteiger partial charge >= 0.3 is 0 Å². The number of hydrogen-bond donors (Lipinski definition) is 1. The van der Waals surface area contributed by atoms with Crippen LogP contribution < -0.4 is 10.1 Å². The molecule has 0 bridgehead atoms. The van der Waals surface area contributed by atoms with E-state index in [2.05, 4.69) is 5.32 Å². The van der Waals surface area contributed by atoms with Gasteiger partial charge in [-0.15, -0.1) is 0 Å². The maximum atomic E-state index is 12.8. The molecule has 1 saturated heterocycles. The van der Waals surface area contributed by atoms with Crippen LogP contribution in [0.4, 0.5) is 0 Å². The molecule has 3 rings (SSSR count). The molecular weight excluding hydrogens is 412 g/mol. The summed E-state index contributed by atoms with van der Waals surface area (Å²) in [5.74, 6) is 0.707. The number of ether oxygens (including phenoxy) is 1. The molecule has 1 fully saturated rings. The lowest BCUT2D eigenvalue weighted by molar-refractivity contribution is -0.132. The molecule has 6 nitrogen and oxygen atoms in total. The van der Waals surface area contributed by atoms with Crippen LogP contribution in [0.15, 0.2) is 53.4 Å². The molecule has 1 amide bonds. The van der Waals surface area contributed by atoms with Gasteiger partial charge < -0.3 is 10.1 Å². The van der Waals surface area contributed by atoms with E-state index in [1.807, 2.05) is 31.2 Å². The molecule has 0 saturated carbocycles. The highest BCUT2D eigenvalue weighted by Gasteiger charge is 2.40. The van der Waals surface area contributed by atoms with Crippen molar-refractivity contribution < 1.29 is 17.9 Å². The number of rotatable bonds is 6. The lowest BCUT2D eigenvalue weighted by Gasteiger charge is -2.37. The number of carbonyl (C=O) groups is 1. The standard InChI is InChI=1S/C21H25ClN2O4S/c1-21(20(25)23-15-16-3-7-18(28-2)8-4-16)11-13-24(14-12-21)29(26,27)19-9-5-17(22)6-10-19/h3-10H,11-15H2,1-2H3,(H,23,25). The smallest absolute Gasteiger partial charge is 0.243 e. The summed E-state index contributed by atoms with van der Waals surface area (Å²) in [4.78, 5) is 13.0. The fourth-order valence-electron chi connectivity index (χ4n) is 3.34. The molecule has 8 heteroatoms. The lowest BCUT2D eigenvalue weighted by atomic mass is 9.80. The summed E-state index contributed by atoms with van der Waals surface area (Å²) in [7, 11) is -1.98. The van der Waals surface area contributed by atoms with Gasteiger partial charge in [0.1, 0.15) is 5.75 Å². The van der Waals surface area contributed by atoms with Crippen LogP contribution in [0.5, 0.6) is 5.75 Å². The highest BCUT2D eigenvalue weighted by molar-refractivity contribution is 7.89. The Morgan fingerprint density at radius 3 is 2.24 bits per heavy atom. The number of sulfonamides is 1. The number of hydrogen-bond acceptors (Lipinski definition) is 4. The predicted molar refractivity (Wildman–Crippen MR) is 112 cm³/mol. The second-order valence-corrected chi connectivity index (χ2v) is 9.82. The van der Waals surface area contributed by atoms with Crippen molar-refractivity contribution in [3.8, 4) is 5.75 Å². The fourth-order valence-corrected chi connectivity index (χ4v) is 4.91. The molecule has 1 aliphatic rings. The molecular formula is C21H25ClN2O4S. The van der Waals surface area contributed by atoms with E-state index in [1.165, 1.54) is 16.4 Å². The molecule has 156 valence electrons. The summed E-state index contributed by atoms with van der Waals surface area (Å²) in [6.45, 7) is 2.92. The number of benzene rings is 2. The Balaban J connectivity index is 1.58. The molecule has 1 heterocycles. The van der Waals surface area contributed by atoms with E-state index in [9.17, 15) is 13.2 Å². The Hall–Kier alpha value is -2.09. The first-order valence-corrected chi connectivity index (χ1v) is 11.2. The van der Waals surface area contributed by atoms with Crippen LogP contribution in [-0.2, 0) is 21.4 Å². The molecule has 0 unspecified atom stereocenters. The summed E-state index contributed by atoms with van der Waals surface area (Å²) in [6.07, 6.45) is 0.933. The molecule has 1 aliphatic heterocycles. The maximum Gasteiger partial charge on any atom is 0.243 e. The first-order chi connectivity index (χ1) is 13.7. The maximum absolute atomic E-state index is 12.8. The van der Waals surface area contributed by atoms with Crippen LogP contribution in [0, 0.1) is 5.41 Å². The highest BCUT2D eigenvalue weighted by atomic mass is 35.5. The Morgan fingerprint density at radius 1 is 1.10 bits per heavy atom. The minimum Gasteiger partial charge on any atom is -0.497 e. The van der Waals surface area contributed by atoms with Gasteiger partial charge in [0.05, 0.1) is 12.0 Å². The molecule has 2 aromatic carbocycles. The van der Waals surface area contributed by atoms with Crippen molar-refractivity contribution in [3.05, 3.63) is 59.1 Å². The Morgan fingerprint density at radius 2 is 1.69 bits per heavy atom. The third kappa shape index (κ3) is 4.91. The SMILES string of the molecule is COc1ccc(CNC(=O)C2(C)CCN(S(=O)(=O)c3ccc(Cl)cc3)CC2)cc1. The first kappa shape index (κ1) is 21.6. The van der Waals surface area contributed by atoms with E-state index in [4.69, 9.17) is 16.3 Å². The van der Waals surface area contributed by atoms with Crippen LogP contribution in [0.25, 0.3) is 0 Å². The van der Waals surface area contributed by atoms with Crippen LogP contribution in [0.2, 0.25) is 5.02 Å². The molecule has 0 spiro atoms. The summed E-state index contributed by atoms with van der Waals surface area (Å²) in [5.41, 5.74) is 0.379. The van der Waals surface area contributed by atoms with Gasteiger partial charge in [-0.3, -0.25) is 4.79 Å². The number of carbonyl (C=O) groups excluding carboxylic acids is 1. The number of amides is 1. The summed E-state index contributed by atoms with van der Waals surface area (Å²) in [6, 6.07) is 13.7. The second kappa shape index (κ2) is 8.73. The largest absolute Gasteiger partial charge is 0.497 e. The van der Waals surface area contributed by atoms with E-state index in [-0.39, 0.29) is 10.8 Å². The quantitative estimate of drug-likeness (QED) is 0.752. The number of halogens is 1. The second-order valence-electron chi connectivity index (χ2n) is 7.45. The fraction of sp³-hybridized carbons (Fsp3) is 0.381. The normalized spacial score (nSPS) is 16.9.